The Morgan fingerprint density at radius 3 is 2.60 bits per heavy atom. The lowest BCUT2D eigenvalue weighted by Crippen LogP contribution is -2.45. The molecule has 47 heavy (non-hydrogen) atoms. The van der Waals surface area contributed by atoms with Crippen molar-refractivity contribution in [2.75, 3.05) is 20.3 Å². The van der Waals surface area contributed by atoms with E-state index >= 15 is 0 Å². The summed E-state index contributed by atoms with van der Waals surface area (Å²) in [4.78, 5) is 35.1. The summed E-state index contributed by atoms with van der Waals surface area (Å²) in [5.74, 6) is 0.452. The van der Waals surface area contributed by atoms with E-state index in [2.05, 4.69) is 37.1 Å². The molecule has 0 saturated heterocycles. The molecule has 2 amide bonds. The zero-order valence-electron chi connectivity index (χ0n) is 25.4. The molecular weight excluding hydrogens is 702 g/mol. The third-order valence-electron chi connectivity index (χ3n) is 6.67. The molecule has 1 aliphatic heterocycles. The molecule has 0 bridgehead atoms. The van der Waals surface area contributed by atoms with Crippen LogP contribution in [0.2, 0.25) is 5.02 Å². The quantitative estimate of drug-likeness (QED) is 0.0572. The molecule has 3 aromatic carbocycles. The molecule has 4 N–H and O–H groups in total. The number of carbonyl (C=O) groups excluding carboxylic acids is 2. The Kier molecular flexibility index (Phi) is 12.0. The number of esters is 1. The Bertz CT molecular complexity index is 1700. The number of nitro benzene ring substituents is 1. The number of halogens is 2. The summed E-state index contributed by atoms with van der Waals surface area (Å²) in [7, 11) is 1.26. The van der Waals surface area contributed by atoms with Crippen molar-refractivity contribution in [3.8, 4) is 17.2 Å². The van der Waals surface area contributed by atoms with Crippen LogP contribution in [0.25, 0.3) is 0 Å². The monoisotopic (exact) mass is 731 g/mol. The van der Waals surface area contributed by atoms with Gasteiger partial charge in [-0.15, -0.1) is 0 Å². The maximum atomic E-state index is 12.5. The summed E-state index contributed by atoms with van der Waals surface area (Å²) in [5, 5.41) is 31.2. The Hall–Kier alpha value is -4.86. The third kappa shape index (κ3) is 9.12. The van der Waals surface area contributed by atoms with Crippen LogP contribution in [0.1, 0.15) is 36.6 Å². The van der Waals surface area contributed by atoms with E-state index in [0.29, 0.717) is 55.7 Å². The number of carbonyl (C=O) groups is 2. The fraction of sp³-hybridized carbons (Fsp3) is 0.258. The Morgan fingerprint density at radius 1 is 1.17 bits per heavy atom. The Labute approximate surface area is 283 Å². The highest BCUT2D eigenvalue weighted by Crippen LogP contribution is 2.35. The molecule has 0 spiro atoms. The van der Waals surface area contributed by atoms with Gasteiger partial charge in [0.2, 0.25) is 0 Å². The average molecular weight is 733 g/mol. The van der Waals surface area contributed by atoms with Gasteiger partial charge < -0.3 is 34.7 Å². The van der Waals surface area contributed by atoms with Crippen molar-refractivity contribution in [1.29, 1.82) is 0 Å². The smallest absolute Gasteiger partial charge is 0.337 e. The van der Waals surface area contributed by atoms with Crippen LogP contribution >= 0.6 is 27.5 Å². The Morgan fingerprint density at radius 2 is 1.91 bits per heavy atom. The highest BCUT2D eigenvalue weighted by molar-refractivity contribution is 9.10. The number of urea groups is 1. The van der Waals surface area contributed by atoms with Crippen LogP contribution in [0.4, 0.5) is 10.5 Å². The third-order valence-corrected chi connectivity index (χ3v) is 7.47. The number of nitrogens with one attached hydrogen (secondary N) is 3. The predicted octanol–water partition coefficient (Wildman–Crippen LogP) is 5.11. The number of nitrogens with zero attached hydrogens (tertiary/aromatic N) is 2. The van der Waals surface area contributed by atoms with Crippen molar-refractivity contribution in [3.05, 3.63) is 102 Å². The number of hydrazone groups is 1. The molecule has 3 aromatic rings. The van der Waals surface area contributed by atoms with Crippen molar-refractivity contribution >= 4 is 51.4 Å². The SMILES string of the molecule is CCOc1cc([C@@H]2NC(=O)NC(C)=C2C(=O)OC)ccc1OC[C@@H](O)N/N=C/c1cc(Cl)cc(Br)c1OCc1ccc([N+](=O)[O-])cc1. The summed E-state index contributed by atoms with van der Waals surface area (Å²) in [6.07, 6.45) is 0.167. The average Bonchev–Trinajstić information content (AvgIpc) is 3.03. The fourth-order valence-electron chi connectivity index (χ4n) is 4.51. The zero-order valence-corrected chi connectivity index (χ0v) is 27.8. The molecule has 248 valence electrons. The highest BCUT2D eigenvalue weighted by atomic mass is 79.9. The molecule has 0 fully saturated rings. The molecule has 2 atom stereocenters. The first-order valence-corrected chi connectivity index (χ1v) is 15.3. The Balaban J connectivity index is 1.42. The molecule has 16 heteroatoms. The lowest BCUT2D eigenvalue weighted by Gasteiger charge is -2.28. The molecule has 4 rings (SSSR count). The number of methoxy groups -OCH3 is 1. The van der Waals surface area contributed by atoms with Crippen molar-refractivity contribution in [2.45, 2.75) is 32.7 Å². The number of ether oxygens (including phenoxy) is 4. The predicted molar refractivity (Wildman–Crippen MR) is 176 cm³/mol. The molecule has 14 nitrogen and oxygen atoms in total. The van der Waals surface area contributed by atoms with Gasteiger partial charge in [0.15, 0.2) is 17.7 Å². The van der Waals surface area contributed by atoms with E-state index in [0.717, 1.165) is 0 Å². The van der Waals surface area contributed by atoms with E-state index in [1.807, 2.05) is 0 Å². The fourth-order valence-corrected chi connectivity index (χ4v) is 5.46. The van der Waals surface area contributed by atoms with Gasteiger partial charge in [-0.25, -0.2) is 9.59 Å². The topological polar surface area (TPSA) is 183 Å². The lowest BCUT2D eigenvalue weighted by atomic mass is 9.95. The lowest BCUT2D eigenvalue weighted by molar-refractivity contribution is -0.384. The summed E-state index contributed by atoms with van der Waals surface area (Å²) in [6.45, 7) is 3.59. The van der Waals surface area contributed by atoms with Crippen molar-refractivity contribution < 1.29 is 38.6 Å². The van der Waals surface area contributed by atoms with Crippen LogP contribution in [0.3, 0.4) is 0 Å². The van der Waals surface area contributed by atoms with Crippen LogP contribution in [-0.4, -0.2) is 54.8 Å². The second kappa shape index (κ2) is 16.1. The molecule has 0 unspecified atom stereocenters. The molecular formula is C31H31BrClN5O9. The minimum absolute atomic E-state index is 0.0251. The molecule has 0 radical (unpaired) electrons. The second-order valence-electron chi connectivity index (χ2n) is 9.93. The van der Waals surface area contributed by atoms with Gasteiger partial charge >= 0.3 is 12.0 Å². The van der Waals surface area contributed by atoms with Crippen LogP contribution < -0.4 is 30.3 Å². The van der Waals surface area contributed by atoms with Crippen LogP contribution in [0, 0.1) is 10.1 Å². The normalized spacial score (nSPS) is 15.0. The summed E-state index contributed by atoms with van der Waals surface area (Å²) >= 11 is 9.66. The van der Waals surface area contributed by atoms with Crippen LogP contribution in [0.5, 0.6) is 17.2 Å². The standard InChI is InChI=1S/C31H31BrClN5O9/c1-4-45-25-12-19(28-27(30(40)44-3)17(2)35-31(41)36-28)7-10-24(25)46-16-26(39)37-34-14-20-11-21(33)13-23(32)29(20)47-15-18-5-8-22(9-6-18)38(42)43/h5-14,26,28,37,39H,4,15-16H2,1-3H3,(H2,35,36,41)/b34-14+/t26-,28+/m1/s1. The van der Waals surface area contributed by atoms with Gasteiger partial charge in [0.25, 0.3) is 5.69 Å². The van der Waals surface area contributed by atoms with E-state index in [1.54, 1.807) is 56.3 Å². The molecule has 0 aliphatic carbocycles. The van der Waals surface area contributed by atoms with E-state index in [9.17, 15) is 24.8 Å². The molecule has 0 aromatic heterocycles. The molecule has 1 aliphatic rings. The largest absolute Gasteiger partial charge is 0.490 e. The maximum Gasteiger partial charge on any atom is 0.337 e. The van der Waals surface area contributed by atoms with Crippen molar-refractivity contribution in [3.63, 3.8) is 0 Å². The number of hydrogen-bond acceptors (Lipinski definition) is 11. The number of aliphatic hydroxyl groups is 1. The number of nitro groups is 1. The van der Waals surface area contributed by atoms with E-state index in [4.69, 9.17) is 30.5 Å². The van der Waals surface area contributed by atoms with Crippen molar-refractivity contribution in [1.82, 2.24) is 16.1 Å². The van der Waals surface area contributed by atoms with Crippen LogP contribution in [0.15, 0.2) is 75.4 Å². The molecule has 1 heterocycles. The minimum atomic E-state index is -1.24. The van der Waals surface area contributed by atoms with Gasteiger partial charge in [-0.3, -0.25) is 15.5 Å². The number of aliphatic hydroxyl groups excluding tert-OH is 1. The number of hydrogen-bond donors (Lipinski definition) is 4. The van der Waals surface area contributed by atoms with Gasteiger partial charge in [0, 0.05) is 28.4 Å². The first-order chi connectivity index (χ1) is 22.5. The highest BCUT2D eigenvalue weighted by Gasteiger charge is 2.32. The van der Waals surface area contributed by atoms with Gasteiger partial charge in [-0.05, 0) is 77.3 Å². The summed E-state index contributed by atoms with van der Waals surface area (Å²) < 4.78 is 23.0. The van der Waals surface area contributed by atoms with Gasteiger partial charge in [-0.2, -0.15) is 5.10 Å². The van der Waals surface area contributed by atoms with E-state index in [1.165, 1.54) is 25.5 Å². The number of rotatable bonds is 14. The second-order valence-corrected chi connectivity index (χ2v) is 11.2. The van der Waals surface area contributed by atoms with Gasteiger partial charge in [0.1, 0.15) is 19.0 Å². The first-order valence-electron chi connectivity index (χ1n) is 14.1. The molecule has 0 saturated carbocycles. The maximum absolute atomic E-state index is 12.5. The summed E-state index contributed by atoms with van der Waals surface area (Å²) in [5.41, 5.74) is 4.91. The van der Waals surface area contributed by atoms with Crippen molar-refractivity contribution in [2.24, 2.45) is 5.10 Å². The number of non-ortho nitro benzene ring substituents is 1. The number of allylic oxidation sites excluding steroid dienone is 1. The minimum Gasteiger partial charge on any atom is -0.490 e. The van der Waals surface area contributed by atoms with E-state index < -0.39 is 29.2 Å². The van der Waals surface area contributed by atoms with Gasteiger partial charge in [-0.1, -0.05) is 17.7 Å². The number of benzene rings is 3. The van der Waals surface area contributed by atoms with Gasteiger partial charge in [0.05, 0.1) is 40.9 Å². The van der Waals surface area contributed by atoms with Crippen LogP contribution in [-0.2, 0) is 16.1 Å². The zero-order chi connectivity index (χ0) is 34.1. The summed E-state index contributed by atoms with van der Waals surface area (Å²) in [6, 6.07) is 12.9. The first kappa shape index (κ1) is 35.0. The number of amides is 2. The van der Waals surface area contributed by atoms with E-state index in [-0.39, 0.29) is 24.5 Å².